The van der Waals surface area contributed by atoms with Crippen LogP contribution in [0.5, 0.6) is 5.75 Å². The van der Waals surface area contributed by atoms with Crippen molar-refractivity contribution in [3.05, 3.63) is 59.4 Å². The maximum absolute atomic E-state index is 14.3. The van der Waals surface area contributed by atoms with Crippen LogP contribution in [0.4, 0.5) is 10.1 Å². The number of nitrogens with zero attached hydrogens (tertiary/aromatic N) is 1. The van der Waals surface area contributed by atoms with Gasteiger partial charge >= 0.3 is 0 Å². The predicted molar refractivity (Wildman–Crippen MR) is 86.9 cm³/mol. The van der Waals surface area contributed by atoms with E-state index in [2.05, 4.69) is 30.6 Å². The summed E-state index contributed by atoms with van der Waals surface area (Å²) in [4.78, 5) is 0. The molecule has 0 radical (unpaired) electrons. The number of methoxy groups -OCH3 is 1. The Kier molecular flexibility index (Phi) is 5.42. The van der Waals surface area contributed by atoms with E-state index in [1.165, 1.54) is 22.9 Å². The normalized spacial score (nSPS) is 16.6. The summed E-state index contributed by atoms with van der Waals surface area (Å²) in [6, 6.07) is 13.4. The molecule has 0 aliphatic carbocycles. The third-order valence-electron chi connectivity index (χ3n) is 4.32. The summed E-state index contributed by atoms with van der Waals surface area (Å²) >= 11 is 0. The van der Waals surface area contributed by atoms with E-state index in [1.807, 2.05) is 18.2 Å². The van der Waals surface area contributed by atoms with Crippen molar-refractivity contribution in [3.63, 3.8) is 0 Å². The zero-order chi connectivity index (χ0) is 15.7. The number of fused-ring (bicyclic) bond motifs is 1. The van der Waals surface area contributed by atoms with Crippen molar-refractivity contribution in [1.29, 1.82) is 0 Å². The van der Waals surface area contributed by atoms with Crippen molar-refractivity contribution in [3.8, 4) is 5.75 Å². The Hall–Kier alpha value is -1.87. The van der Waals surface area contributed by atoms with Crippen LogP contribution in [0.15, 0.2) is 42.5 Å². The van der Waals surface area contributed by atoms with Gasteiger partial charge in [-0.25, -0.2) is 0 Å². The lowest BCUT2D eigenvalue weighted by Gasteiger charge is -2.23. The first-order valence-electron chi connectivity index (χ1n) is 7.72. The van der Waals surface area contributed by atoms with Crippen LogP contribution in [0.1, 0.15) is 31.4 Å². The van der Waals surface area contributed by atoms with Gasteiger partial charge in [-0.1, -0.05) is 19.1 Å². The molecule has 4 heteroatoms. The summed E-state index contributed by atoms with van der Waals surface area (Å²) in [6.45, 7) is 4.26. The summed E-state index contributed by atoms with van der Waals surface area (Å²) in [5.41, 5.74) is 4.30. The van der Waals surface area contributed by atoms with Gasteiger partial charge in [-0.15, -0.1) is 0 Å². The monoisotopic (exact) mass is 333 g/mol. The Balaban J connectivity index is 0.00000192. The van der Waals surface area contributed by atoms with E-state index < -0.39 is 0 Å². The molecule has 2 nitrogen and oxygen atoms in total. The zero-order valence-corrected chi connectivity index (χ0v) is 14.4. The predicted octanol–water partition coefficient (Wildman–Crippen LogP) is 1.33. The maximum Gasteiger partial charge on any atom is 0.241 e. The second kappa shape index (κ2) is 7.14. The van der Waals surface area contributed by atoms with Crippen molar-refractivity contribution in [2.24, 2.45) is 0 Å². The molecule has 122 valence electrons. The van der Waals surface area contributed by atoms with Gasteiger partial charge in [0.15, 0.2) is 17.6 Å². The lowest BCUT2D eigenvalue weighted by Crippen LogP contribution is -3.00. The van der Waals surface area contributed by atoms with Crippen molar-refractivity contribution in [2.75, 3.05) is 7.11 Å². The van der Waals surface area contributed by atoms with Crippen molar-refractivity contribution in [1.82, 2.24) is 0 Å². The third kappa shape index (κ3) is 3.11. The quantitative estimate of drug-likeness (QED) is 0.772. The first kappa shape index (κ1) is 17.5. The lowest BCUT2D eigenvalue weighted by molar-refractivity contribution is -0.484. The Morgan fingerprint density at radius 1 is 1.22 bits per heavy atom. The fourth-order valence-electron chi connectivity index (χ4n) is 3.34. The van der Waals surface area contributed by atoms with Gasteiger partial charge in [-0.05, 0) is 36.8 Å². The summed E-state index contributed by atoms with van der Waals surface area (Å²) in [7, 11) is 1.68. The molecule has 0 saturated carbocycles. The van der Waals surface area contributed by atoms with E-state index in [4.69, 9.17) is 4.74 Å². The first-order chi connectivity index (χ1) is 10.7. The van der Waals surface area contributed by atoms with Gasteiger partial charge in [0, 0.05) is 24.5 Å². The fourth-order valence-corrected chi connectivity index (χ4v) is 3.34. The number of para-hydroxylation sites is 1. The van der Waals surface area contributed by atoms with Crippen LogP contribution in [0.25, 0.3) is 0 Å². The van der Waals surface area contributed by atoms with Crippen molar-refractivity contribution < 1.29 is 26.1 Å². The van der Waals surface area contributed by atoms with E-state index in [0.29, 0.717) is 5.69 Å². The molecule has 2 aromatic rings. The van der Waals surface area contributed by atoms with Gasteiger partial charge < -0.3 is 17.1 Å². The van der Waals surface area contributed by atoms with E-state index in [0.717, 1.165) is 18.6 Å². The molecule has 0 bridgehead atoms. The van der Waals surface area contributed by atoms with Gasteiger partial charge in [-0.2, -0.15) is 8.97 Å². The van der Waals surface area contributed by atoms with E-state index >= 15 is 0 Å². The number of hydrogen-bond donors (Lipinski definition) is 0. The van der Waals surface area contributed by atoms with E-state index in [-0.39, 0.29) is 24.3 Å². The molecule has 1 aliphatic rings. The summed E-state index contributed by atoms with van der Waals surface area (Å²) in [5.74, 6) is 0.706. The standard InChI is InChI=1S/C19H21FNO.ClH/c1-4-18-16-10-9-15(22-3)12-14(16)11-13(2)21(18)19-8-6-5-7-17(19)20;/h5-10,12-13H,4,11H2,1-3H3;1H/q+1;/p-1. The van der Waals surface area contributed by atoms with Crippen LogP contribution in [-0.2, 0) is 6.42 Å². The van der Waals surface area contributed by atoms with Gasteiger partial charge in [0.05, 0.1) is 7.11 Å². The largest absolute Gasteiger partial charge is 1.00 e. The Morgan fingerprint density at radius 3 is 2.61 bits per heavy atom. The third-order valence-corrected chi connectivity index (χ3v) is 4.32. The number of ether oxygens (including phenoxy) is 1. The fraction of sp³-hybridized carbons (Fsp3) is 0.316. The van der Waals surface area contributed by atoms with Crippen molar-refractivity contribution in [2.45, 2.75) is 32.7 Å². The van der Waals surface area contributed by atoms with Crippen molar-refractivity contribution >= 4 is 11.4 Å². The molecule has 0 N–H and O–H groups in total. The molecule has 2 aromatic carbocycles. The van der Waals surface area contributed by atoms with Crippen LogP contribution >= 0.6 is 0 Å². The smallest absolute Gasteiger partial charge is 0.241 e. The number of benzene rings is 2. The van der Waals surface area contributed by atoms with E-state index in [1.54, 1.807) is 13.2 Å². The average Bonchev–Trinajstić information content (AvgIpc) is 2.54. The molecule has 23 heavy (non-hydrogen) atoms. The molecule has 1 unspecified atom stereocenters. The lowest BCUT2D eigenvalue weighted by atomic mass is 9.91. The Morgan fingerprint density at radius 2 is 1.96 bits per heavy atom. The molecule has 1 aliphatic heterocycles. The highest BCUT2D eigenvalue weighted by atomic mass is 35.5. The van der Waals surface area contributed by atoms with Gasteiger partial charge in [0.2, 0.25) is 5.69 Å². The van der Waals surface area contributed by atoms with Crippen LogP contribution in [0.3, 0.4) is 0 Å². The Labute approximate surface area is 143 Å². The first-order valence-corrected chi connectivity index (χ1v) is 7.72. The highest BCUT2D eigenvalue weighted by molar-refractivity contribution is 5.99. The Bertz CT molecular complexity index is 742. The second-order valence-electron chi connectivity index (χ2n) is 5.70. The highest BCUT2D eigenvalue weighted by Crippen LogP contribution is 2.30. The minimum Gasteiger partial charge on any atom is -1.00 e. The zero-order valence-electron chi connectivity index (χ0n) is 13.6. The number of hydrogen-bond acceptors (Lipinski definition) is 1. The molecule has 0 aromatic heterocycles. The molecular weight excluding hydrogens is 313 g/mol. The van der Waals surface area contributed by atoms with Gasteiger partial charge in [0.1, 0.15) is 5.75 Å². The average molecular weight is 334 g/mol. The molecule has 1 atom stereocenters. The number of rotatable bonds is 3. The van der Waals surface area contributed by atoms with Gasteiger partial charge in [-0.3, -0.25) is 0 Å². The summed E-state index contributed by atoms with van der Waals surface area (Å²) in [6.07, 6.45) is 1.74. The van der Waals surface area contributed by atoms with Crippen LogP contribution in [-0.4, -0.2) is 23.4 Å². The molecule has 0 amide bonds. The van der Waals surface area contributed by atoms with Gasteiger partial charge in [0.25, 0.3) is 0 Å². The highest BCUT2D eigenvalue weighted by Gasteiger charge is 2.33. The molecule has 1 heterocycles. The molecule has 0 saturated heterocycles. The number of halogens is 2. The van der Waals surface area contributed by atoms with E-state index in [9.17, 15) is 4.39 Å². The topological polar surface area (TPSA) is 12.2 Å². The second-order valence-corrected chi connectivity index (χ2v) is 5.70. The minimum absolute atomic E-state index is 0. The molecule has 0 spiro atoms. The van der Waals surface area contributed by atoms with Crippen LogP contribution < -0.4 is 17.1 Å². The minimum atomic E-state index is -0.169. The van der Waals surface area contributed by atoms with Crippen LogP contribution in [0.2, 0.25) is 0 Å². The SMILES string of the molecule is CCC1=[N+](c2ccccc2F)C(C)Cc2cc(OC)ccc21.[Cl-]. The summed E-state index contributed by atoms with van der Waals surface area (Å²) in [5, 5.41) is 0. The maximum atomic E-state index is 14.3. The molecular formula is C19H21ClFNO. The molecule has 3 rings (SSSR count). The molecule has 0 fully saturated rings. The summed E-state index contributed by atoms with van der Waals surface area (Å²) < 4.78 is 21.8. The van der Waals surface area contributed by atoms with Crippen LogP contribution in [0, 0.1) is 5.82 Å².